The number of fused-ring (bicyclic) bond motifs is 4. The van der Waals surface area contributed by atoms with Crippen LogP contribution in [0.15, 0.2) is 22.8 Å². The highest BCUT2D eigenvalue weighted by Gasteiger charge is 2.40. The highest BCUT2D eigenvalue weighted by molar-refractivity contribution is 9.10. The number of benzene rings is 1. The first-order valence-corrected chi connectivity index (χ1v) is 8.72. The van der Waals surface area contributed by atoms with Gasteiger partial charge in [0.2, 0.25) is 0 Å². The van der Waals surface area contributed by atoms with E-state index in [9.17, 15) is 9.18 Å². The minimum absolute atomic E-state index is 0. The maximum Gasteiger partial charge on any atom is 0.340 e. The van der Waals surface area contributed by atoms with Crippen molar-refractivity contribution in [3.63, 3.8) is 0 Å². The van der Waals surface area contributed by atoms with Crippen molar-refractivity contribution in [2.75, 3.05) is 26.2 Å². The molecule has 4 nitrogen and oxygen atoms in total. The van der Waals surface area contributed by atoms with Crippen LogP contribution in [0.1, 0.15) is 29.6 Å². The van der Waals surface area contributed by atoms with Gasteiger partial charge in [-0.3, -0.25) is 0 Å². The fourth-order valence-electron chi connectivity index (χ4n) is 3.73. The molecule has 2 bridgehead atoms. The summed E-state index contributed by atoms with van der Waals surface area (Å²) in [5.41, 5.74) is 1.24. The summed E-state index contributed by atoms with van der Waals surface area (Å²) < 4.78 is 19.7. The molecule has 3 saturated heterocycles. The molecule has 130 valence electrons. The molecule has 0 spiro atoms. The van der Waals surface area contributed by atoms with Gasteiger partial charge in [0, 0.05) is 22.5 Å². The van der Waals surface area contributed by atoms with Gasteiger partial charge in [0.15, 0.2) is 0 Å². The highest BCUT2D eigenvalue weighted by atomic mass is 79.9. The Morgan fingerprint density at radius 3 is 2.62 bits per heavy atom. The van der Waals surface area contributed by atoms with Crippen molar-refractivity contribution in [3.05, 3.63) is 34.2 Å². The Bertz CT molecular complexity index is 758. The summed E-state index contributed by atoms with van der Waals surface area (Å²) in [5, 5.41) is 0.547. The monoisotopic (exact) mass is 416 g/mol. The molecule has 0 aliphatic carbocycles. The highest BCUT2D eigenvalue weighted by Crippen LogP contribution is 2.40. The molecular formula is C17H19BrClFN2O2. The van der Waals surface area contributed by atoms with E-state index in [1.165, 1.54) is 6.07 Å². The van der Waals surface area contributed by atoms with Crippen LogP contribution in [-0.4, -0.2) is 42.1 Å². The first kappa shape index (κ1) is 17.7. The number of H-pyrrole nitrogens is 1. The van der Waals surface area contributed by atoms with Gasteiger partial charge in [-0.05, 0) is 67.0 Å². The van der Waals surface area contributed by atoms with Gasteiger partial charge in [-0.2, -0.15) is 0 Å². The molecule has 7 heteroatoms. The van der Waals surface area contributed by atoms with E-state index in [1.54, 1.807) is 12.3 Å². The van der Waals surface area contributed by atoms with E-state index in [0.29, 0.717) is 22.0 Å². The second kappa shape index (κ2) is 6.65. The van der Waals surface area contributed by atoms with Gasteiger partial charge in [0.25, 0.3) is 0 Å². The molecule has 4 heterocycles. The summed E-state index contributed by atoms with van der Waals surface area (Å²) >= 11 is 3.23. The normalized spacial score (nSPS) is 25.5. The number of nitrogens with one attached hydrogen (secondary N) is 1. The molecule has 3 aliphatic heterocycles. The van der Waals surface area contributed by atoms with Crippen molar-refractivity contribution in [2.45, 2.75) is 19.3 Å². The van der Waals surface area contributed by atoms with Crippen molar-refractivity contribution in [1.29, 1.82) is 0 Å². The fourth-order valence-corrected chi connectivity index (χ4v) is 4.29. The lowest BCUT2D eigenvalue weighted by Crippen LogP contribution is -2.50. The smallest absolute Gasteiger partial charge is 0.340 e. The summed E-state index contributed by atoms with van der Waals surface area (Å²) in [6.07, 6.45) is 4.86. The lowest BCUT2D eigenvalue weighted by Gasteiger charge is -2.47. The second-order valence-corrected chi connectivity index (χ2v) is 7.45. The van der Waals surface area contributed by atoms with E-state index >= 15 is 0 Å². The van der Waals surface area contributed by atoms with Crippen LogP contribution in [0.5, 0.6) is 0 Å². The van der Waals surface area contributed by atoms with E-state index in [-0.39, 0.29) is 29.6 Å². The molecular weight excluding hydrogens is 399 g/mol. The molecule has 2 aromatic rings. The van der Waals surface area contributed by atoms with Gasteiger partial charge in [0.1, 0.15) is 5.82 Å². The summed E-state index contributed by atoms with van der Waals surface area (Å²) in [7, 11) is 0. The zero-order valence-corrected chi connectivity index (χ0v) is 15.5. The van der Waals surface area contributed by atoms with Crippen LogP contribution in [-0.2, 0) is 4.74 Å². The first-order valence-electron chi connectivity index (χ1n) is 7.93. The van der Waals surface area contributed by atoms with Crippen LogP contribution < -0.4 is 0 Å². The average molecular weight is 418 g/mol. The quantitative estimate of drug-likeness (QED) is 0.764. The Hall–Kier alpha value is -1.11. The molecule has 0 unspecified atom stereocenters. The van der Waals surface area contributed by atoms with Crippen molar-refractivity contribution >= 4 is 45.2 Å². The number of hydrogen-bond donors (Lipinski definition) is 1. The van der Waals surface area contributed by atoms with Crippen LogP contribution in [0, 0.1) is 11.2 Å². The Labute approximate surface area is 154 Å². The molecule has 0 radical (unpaired) electrons. The maximum atomic E-state index is 13.7. The predicted octanol–water partition coefficient (Wildman–Crippen LogP) is 4.13. The third-order valence-electron chi connectivity index (χ3n) is 5.34. The number of aromatic amines is 1. The molecule has 0 saturated carbocycles. The molecule has 1 N–H and O–H groups in total. The maximum absolute atomic E-state index is 13.7. The van der Waals surface area contributed by atoms with Crippen LogP contribution >= 0.6 is 28.3 Å². The Morgan fingerprint density at radius 2 is 1.96 bits per heavy atom. The van der Waals surface area contributed by atoms with Crippen LogP contribution in [0.25, 0.3) is 10.9 Å². The minimum atomic E-state index is -0.385. The molecule has 0 atom stereocenters. The van der Waals surface area contributed by atoms with E-state index in [1.807, 2.05) is 0 Å². The van der Waals surface area contributed by atoms with E-state index < -0.39 is 0 Å². The van der Waals surface area contributed by atoms with Crippen LogP contribution in [0.2, 0.25) is 0 Å². The zero-order chi connectivity index (χ0) is 16.0. The van der Waals surface area contributed by atoms with Crippen LogP contribution in [0.4, 0.5) is 4.39 Å². The minimum Gasteiger partial charge on any atom is -0.461 e. The molecule has 5 rings (SSSR count). The Kier molecular flexibility index (Phi) is 4.91. The largest absolute Gasteiger partial charge is 0.461 e. The lowest BCUT2D eigenvalue weighted by atomic mass is 9.73. The van der Waals surface area contributed by atoms with Gasteiger partial charge in [-0.1, -0.05) is 0 Å². The predicted molar refractivity (Wildman–Crippen MR) is 96.2 cm³/mol. The van der Waals surface area contributed by atoms with E-state index in [4.69, 9.17) is 4.74 Å². The van der Waals surface area contributed by atoms with Gasteiger partial charge in [-0.15, -0.1) is 12.4 Å². The second-order valence-electron chi connectivity index (χ2n) is 6.65. The molecule has 3 fully saturated rings. The molecule has 0 amide bonds. The fraction of sp³-hybridized carbons (Fsp3) is 0.471. The standard InChI is InChI=1S/C17H18BrFN2O2.ClH/c18-15-12(19)1-2-13-14(15)11(9-20-13)16(22)23-10-17-3-6-21(7-4-17)8-5-17;/h1-2,9,20H,3-8,10H2;1H. The molecule has 24 heavy (non-hydrogen) atoms. The number of carbonyl (C=O) groups excluding carboxylic acids is 1. The van der Waals surface area contributed by atoms with E-state index in [0.717, 1.165) is 44.4 Å². The third-order valence-corrected chi connectivity index (χ3v) is 6.12. The number of piperidine rings is 3. The van der Waals surface area contributed by atoms with E-state index in [2.05, 4.69) is 25.8 Å². The van der Waals surface area contributed by atoms with Crippen molar-refractivity contribution in [1.82, 2.24) is 9.88 Å². The van der Waals surface area contributed by atoms with Crippen molar-refractivity contribution in [2.24, 2.45) is 5.41 Å². The Morgan fingerprint density at radius 1 is 1.29 bits per heavy atom. The first-order chi connectivity index (χ1) is 11.1. The number of aromatic nitrogens is 1. The van der Waals surface area contributed by atoms with Crippen molar-refractivity contribution < 1.29 is 13.9 Å². The number of hydrogen-bond acceptors (Lipinski definition) is 3. The summed E-state index contributed by atoms with van der Waals surface area (Å²) in [6, 6.07) is 2.99. The number of rotatable bonds is 3. The number of carbonyl (C=O) groups is 1. The number of halogens is 3. The summed E-state index contributed by atoms with van der Waals surface area (Å²) in [4.78, 5) is 18.0. The third kappa shape index (κ3) is 2.95. The average Bonchev–Trinajstić information content (AvgIpc) is 3.03. The lowest BCUT2D eigenvalue weighted by molar-refractivity contribution is -0.0304. The molecule has 1 aromatic carbocycles. The Balaban J connectivity index is 0.00000169. The molecule has 3 aliphatic rings. The summed E-state index contributed by atoms with van der Waals surface area (Å²) in [5.74, 6) is -0.769. The van der Waals surface area contributed by atoms with Gasteiger partial charge >= 0.3 is 5.97 Å². The summed E-state index contributed by atoms with van der Waals surface area (Å²) in [6.45, 7) is 3.75. The van der Waals surface area contributed by atoms with Gasteiger partial charge in [0.05, 0.1) is 16.6 Å². The molecule has 1 aromatic heterocycles. The number of nitrogens with zero attached hydrogens (tertiary/aromatic N) is 1. The van der Waals surface area contributed by atoms with Gasteiger partial charge < -0.3 is 14.6 Å². The van der Waals surface area contributed by atoms with Crippen molar-refractivity contribution in [3.8, 4) is 0 Å². The number of esters is 1. The SMILES string of the molecule is Cl.O=C(OCC12CCN(CC1)CC2)c1c[nH]c2ccc(F)c(Br)c12. The topological polar surface area (TPSA) is 45.3 Å². The van der Waals surface area contributed by atoms with Crippen LogP contribution in [0.3, 0.4) is 0 Å². The number of ether oxygens (including phenoxy) is 1. The van der Waals surface area contributed by atoms with Gasteiger partial charge in [-0.25, -0.2) is 9.18 Å². The zero-order valence-electron chi connectivity index (χ0n) is 13.1.